The van der Waals surface area contributed by atoms with Crippen molar-refractivity contribution in [1.29, 1.82) is 0 Å². The molecule has 2 rings (SSSR count). The van der Waals surface area contributed by atoms with E-state index in [-0.39, 0.29) is 24.3 Å². The Morgan fingerprint density at radius 1 is 1.36 bits per heavy atom. The van der Waals surface area contributed by atoms with Crippen LogP contribution in [0.15, 0.2) is 23.2 Å². The van der Waals surface area contributed by atoms with Gasteiger partial charge in [0, 0.05) is 24.2 Å². The van der Waals surface area contributed by atoms with E-state index in [1.165, 1.54) is 18.9 Å². The molecule has 0 aliphatic carbocycles. The van der Waals surface area contributed by atoms with Gasteiger partial charge in [-0.25, -0.2) is 0 Å². The number of carbonyl (C=O) groups excluding carboxylic acids is 2. The van der Waals surface area contributed by atoms with Gasteiger partial charge in [-0.2, -0.15) is 0 Å². The summed E-state index contributed by atoms with van der Waals surface area (Å²) in [4.78, 5) is 28.6. The van der Waals surface area contributed by atoms with Crippen molar-refractivity contribution in [3.8, 4) is 11.5 Å². The van der Waals surface area contributed by atoms with Gasteiger partial charge < -0.3 is 20.1 Å². The second-order valence-electron chi connectivity index (χ2n) is 5.61. The van der Waals surface area contributed by atoms with Gasteiger partial charge >= 0.3 is 0 Å². The van der Waals surface area contributed by atoms with Crippen molar-refractivity contribution in [3.63, 3.8) is 0 Å². The monoisotopic (exact) mass is 365 g/mol. The minimum atomic E-state index is -0.469. The van der Waals surface area contributed by atoms with E-state index < -0.39 is 5.25 Å². The second kappa shape index (κ2) is 8.75. The maximum absolute atomic E-state index is 12.2. The first kappa shape index (κ1) is 19.1. The number of amidine groups is 1. The molecule has 0 bridgehead atoms. The molecule has 2 N–H and O–H groups in total. The molecule has 1 aliphatic heterocycles. The quantitative estimate of drug-likeness (QED) is 0.775. The van der Waals surface area contributed by atoms with Crippen molar-refractivity contribution in [2.75, 3.05) is 19.5 Å². The molecular weight excluding hydrogens is 342 g/mol. The van der Waals surface area contributed by atoms with Crippen LogP contribution in [0.5, 0.6) is 11.5 Å². The van der Waals surface area contributed by atoms with Crippen molar-refractivity contribution in [1.82, 2.24) is 5.32 Å². The number of anilines is 1. The van der Waals surface area contributed by atoms with Crippen LogP contribution >= 0.6 is 11.8 Å². The average Bonchev–Trinajstić information content (AvgIpc) is 2.93. The van der Waals surface area contributed by atoms with E-state index in [0.717, 1.165) is 6.42 Å². The summed E-state index contributed by atoms with van der Waals surface area (Å²) in [6.07, 6.45) is 0.967. The molecular formula is C17H23N3O4S. The lowest BCUT2D eigenvalue weighted by molar-refractivity contribution is -0.122. The number of hydrogen-bond donors (Lipinski definition) is 2. The molecule has 1 heterocycles. The third-order valence-electron chi connectivity index (χ3n) is 3.74. The van der Waals surface area contributed by atoms with Crippen LogP contribution < -0.4 is 20.1 Å². The van der Waals surface area contributed by atoms with Crippen LogP contribution in [0.25, 0.3) is 0 Å². The summed E-state index contributed by atoms with van der Waals surface area (Å²) < 4.78 is 10.4. The molecule has 2 atom stereocenters. The fourth-order valence-electron chi connectivity index (χ4n) is 2.19. The Hall–Kier alpha value is -2.22. The summed E-state index contributed by atoms with van der Waals surface area (Å²) in [6, 6.07) is 5.25. The van der Waals surface area contributed by atoms with Crippen molar-refractivity contribution in [2.24, 2.45) is 4.99 Å². The lowest BCUT2D eigenvalue weighted by Gasteiger charge is -2.11. The predicted octanol–water partition coefficient (Wildman–Crippen LogP) is 2.42. The Bertz CT molecular complexity index is 678. The Morgan fingerprint density at radius 2 is 2.08 bits per heavy atom. The zero-order valence-corrected chi connectivity index (χ0v) is 15.6. The first-order valence-electron chi connectivity index (χ1n) is 8.04. The number of aliphatic imine (C=N–C) groups is 1. The van der Waals surface area contributed by atoms with Gasteiger partial charge in [0.25, 0.3) is 0 Å². The lowest BCUT2D eigenvalue weighted by Crippen LogP contribution is -2.28. The summed E-state index contributed by atoms with van der Waals surface area (Å²) >= 11 is 1.30. The molecule has 0 aromatic heterocycles. The van der Waals surface area contributed by atoms with Crippen LogP contribution in [0.3, 0.4) is 0 Å². The highest BCUT2D eigenvalue weighted by Crippen LogP contribution is 2.30. The molecule has 25 heavy (non-hydrogen) atoms. The first-order valence-corrected chi connectivity index (χ1v) is 8.92. The third kappa shape index (κ3) is 5.12. The Kier molecular flexibility index (Phi) is 6.69. The predicted molar refractivity (Wildman–Crippen MR) is 99.5 cm³/mol. The summed E-state index contributed by atoms with van der Waals surface area (Å²) in [7, 11) is 3.08. The number of carbonyl (C=O) groups is 2. The van der Waals surface area contributed by atoms with Crippen LogP contribution in [0.2, 0.25) is 0 Å². The van der Waals surface area contributed by atoms with Gasteiger partial charge in [-0.15, -0.1) is 0 Å². The molecule has 1 aliphatic rings. The van der Waals surface area contributed by atoms with Crippen molar-refractivity contribution in [2.45, 2.75) is 38.0 Å². The minimum Gasteiger partial charge on any atom is -0.493 e. The number of rotatable bonds is 7. The molecule has 1 saturated heterocycles. The van der Waals surface area contributed by atoms with E-state index in [1.807, 2.05) is 13.8 Å². The molecule has 2 amide bonds. The van der Waals surface area contributed by atoms with E-state index in [1.54, 1.807) is 25.3 Å². The topological polar surface area (TPSA) is 89.0 Å². The van der Waals surface area contributed by atoms with Gasteiger partial charge in [0.15, 0.2) is 16.7 Å². The molecule has 0 saturated carbocycles. The zero-order chi connectivity index (χ0) is 18.4. The number of nitrogens with one attached hydrogen (secondary N) is 2. The molecule has 7 nitrogen and oxygen atoms in total. The number of ether oxygens (including phenoxy) is 2. The Balaban J connectivity index is 1.96. The summed E-state index contributed by atoms with van der Waals surface area (Å²) in [5.74, 6) is 0.674. The number of hydrogen-bond acceptors (Lipinski definition) is 6. The van der Waals surface area contributed by atoms with Crippen molar-refractivity contribution < 1.29 is 19.1 Å². The SMILES string of the molecule is CC[C@@H](C)N=C1NC(=O)[C@H](CC(=O)Nc2ccc(OC)c(OC)c2)S1. The number of thioether (sulfide) groups is 1. The number of nitrogens with zero attached hydrogens (tertiary/aromatic N) is 1. The fourth-order valence-corrected chi connectivity index (χ4v) is 3.26. The second-order valence-corrected chi connectivity index (χ2v) is 6.80. The van der Waals surface area contributed by atoms with Crippen LogP contribution in [-0.2, 0) is 9.59 Å². The fraction of sp³-hybridized carbons (Fsp3) is 0.471. The van der Waals surface area contributed by atoms with Gasteiger partial charge in [-0.05, 0) is 25.5 Å². The van der Waals surface area contributed by atoms with Crippen molar-refractivity contribution in [3.05, 3.63) is 18.2 Å². The maximum Gasteiger partial charge on any atom is 0.240 e. The van der Waals surface area contributed by atoms with E-state index in [4.69, 9.17) is 9.47 Å². The minimum absolute atomic E-state index is 0.0738. The number of amides is 2. The molecule has 0 radical (unpaired) electrons. The Labute approximate surface area is 151 Å². The lowest BCUT2D eigenvalue weighted by atomic mass is 10.2. The number of benzene rings is 1. The first-order chi connectivity index (χ1) is 12.0. The highest BCUT2D eigenvalue weighted by atomic mass is 32.2. The summed E-state index contributed by atoms with van der Waals surface area (Å²) in [6.45, 7) is 4.01. The van der Waals surface area contributed by atoms with Crippen LogP contribution in [0.1, 0.15) is 26.7 Å². The number of methoxy groups -OCH3 is 2. The van der Waals surface area contributed by atoms with E-state index in [0.29, 0.717) is 22.4 Å². The van der Waals surface area contributed by atoms with Gasteiger partial charge in [-0.3, -0.25) is 14.6 Å². The summed E-state index contributed by atoms with van der Waals surface area (Å²) in [5, 5.41) is 5.62. The molecule has 1 aromatic carbocycles. The average molecular weight is 365 g/mol. The molecule has 0 spiro atoms. The molecule has 1 aromatic rings. The summed E-state index contributed by atoms with van der Waals surface area (Å²) in [5.41, 5.74) is 0.583. The molecule has 136 valence electrons. The van der Waals surface area contributed by atoms with Crippen LogP contribution in [0, 0.1) is 0 Å². The zero-order valence-electron chi connectivity index (χ0n) is 14.8. The van der Waals surface area contributed by atoms with Gasteiger partial charge in [0.2, 0.25) is 11.8 Å². The van der Waals surface area contributed by atoms with Crippen LogP contribution in [-0.4, -0.2) is 42.5 Å². The normalized spacial score (nSPS) is 19.4. The van der Waals surface area contributed by atoms with E-state index in [2.05, 4.69) is 15.6 Å². The van der Waals surface area contributed by atoms with Gasteiger partial charge in [0.1, 0.15) is 5.25 Å². The van der Waals surface area contributed by atoms with Gasteiger partial charge in [0.05, 0.1) is 14.2 Å². The molecule has 1 fully saturated rings. The van der Waals surface area contributed by atoms with Crippen molar-refractivity contribution >= 4 is 34.4 Å². The van der Waals surface area contributed by atoms with Gasteiger partial charge in [-0.1, -0.05) is 18.7 Å². The largest absolute Gasteiger partial charge is 0.493 e. The molecule has 8 heteroatoms. The third-order valence-corrected chi connectivity index (χ3v) is 4.84. The Morgan fingerprint density at radius 3 is 2.72 bits per heavy atom. The van der Waals surface area contributed by atoms with E-state index in [9.17, 15) is 9.59 Å². The highest BCUT2D eigenvalue weighted by Gasteiger charge is 2.32. The maximum atomic E-state index is 12.2. The standard InChI is InChI=1S/C17H23N3O4S/c1-5-10(2)18-17-20-16(22)14(25-17)9-15(21)19-11-6-7-12(23-3)13(8-11)24-4/h6-8,10,14H,5,9H2,1-4H3,(H,19,21)(H,18,20,22)/t10-,14+/m1/s1. The van der Waals surface area contributed by atoms with Crippen LogP contribution in [0.4, 0.5) is 5.69 Å². The highest BCUT2D eigenvalue weighted by molar-refractivity contribution is 8.15. The molecule has 0 unspecified atom stereocenters. The smallest absolute Gasteiger partial charge is 0.240 e. The van der Waals surface area contributed by atoms with E-state index >= 15 is 0 Å².